The molecule has 0 heterocycles. The van der Waals surface area contributed by atoms with Crippen molar-refractivity contribution < 1.29 is 4.74 Å². The van der Waals surface area contributed by atoms with Crippen molar-refractivity contribution in [2.75, 3.05) is 13.7 Å². The molecule has 0 spiro atoms. The number of likely N-dealkylation sites (N-methyl/N-ethyl adjacent to an activating group) is 1. The summed E-state index contributed by atoms with van der Waals surface area (Å²) >= 11 is 0. The van der Waals surface area contributed by atoms with E-state index < -0.39 is 0 Å². The molecular weight excluding hydrogens is 246 g/mol. The van der Waals surface area contributed by atoms with Crippen LogP contribution in [0.3, 0.4) is 0 Å². The van der Waals surface area contributed by atoms with Crippen LogP contribution in [0.2, 0.25) is 0 Å². The second kappa shape index (κ2) is 7.11. The molecule has 0 aliphatic carbocycles. The van der Waals surface area contributed by atoms with E-state index in [1.54, 1.807) is 0 Å². The molecule has 1 N–H and O–H groups in total. The summed E-state index contributed by atoms with van der Waals surface area (Å²) < 4.78 is 5.92. The summed E-state index contributed by atoms with van der Waals surface area (Å²) in [6, 6.07) is 17.1. The van der Waals surface area contributed by atoms with Crippen molar-refractivity contribution in [1.82, 2.24) is 5.32 Å². The van der Waals surface area contributed by atoms with Crippen LogP contribution >= 0.6 is 0 Å². The minimum atomic E-state index is 0.209. The van der Waals surface area contributed by atoms with Gasteiger partial charge >= 0.3 is 0 Å². The second-order valence-corrected chi connectivity index (χ2v) is 5.06. The van der Waals surface area contributed by atoms with Gasteiger partial charge in [-0.2, -0.15) is 0 Å². The molecule has 2 heteroatoms. The van der Waals surface area contributed by atoms with E-state index in [1.807, 2.05) is 13.1 Å². The van der Waals surface area contributed by atoms with Crippen molar-refractivity contribution in [3.05, 3.63) is 65.2 Å². The number of rotatable bonds is 6. The van der Waals surface area contributed by atoms with E-state index >= 15 is 0 Å². The summed E-state index contributed by atoms with van der Waals surface area (Å²) in [5, 5.41) is 3.31. The molecule has 1 unspecified atom stereocenters. The first-order chi connectivity index (χ1) is 9.72. The maximum Gasteiger partial charge on any atom is 0.119 e. The molecule has 0 saturated heterocycles. The van der Waals surface area contributed by atoms with Gasteiger partial charge in [0.05, 0.1) is 6.04 Å². The quantitative estimate of drug-likeness (QED) is 0.859. The topological polar surface area (TPSA) is 21.3 Å². The van der Waals surface area contributed by atoms with E-state index in [0.29, 0.717) is 6.61 Å². The van der Waals surface area contributed by atoms with Crippen LogP contribution in [0.25, 0.3) is 0 Å². The highest BCUT2D eigenvalue weighted by atomic mass is 16.5. The van der Waals surface area contributed by atoms with Crippen LogP contribution in [-0.2, 0) is 6.42 Å². The van der Waals surface area contributed by atoms with Gasteiger partial charge in [-0.05, 0) is 43.7 Å². The first-order valence-corrected chi connectivity index (χ1v) is 7.18. The number of hydrogen-bond donors (Lipinski definition) is 1. The normalized spacial score (nSPS) is 12.2. The highest BCUT2D eigenvalue weighted by Gasteiger charge is 2.09. The summed E-state index contributed by atoms with van der Waals surface area (Å²) in [5.74, 6) is 0.941. The summed E-state index contributed by atoms with van der Waals surface area (Å²) in [6.07, 6.45) is 1.03. The number of hydrogen-bond acceptors (Lipinski definition) is 2. The maximum absolute atomic E-state index is 5.92. The lowest BCUT2D eigenvalue weighted by molar-refractivity contribution is 0.273. The molecule has 20 heavy (non-hydrogen) atoms. The van der Waals surface area contributed by atoms with Gasteiger partial charge in [-0.1, -0.05) is 48.9 Å². The second-order valence-electron chi connectivity index (χ2n) is 5.06. The lowest BCUT2D eigenvalue weighted by Gasteiger charge is -2.18. The molecule has 106 valence electrons. The first-order valence-electron chi connectivity index (χ1n) is 7.18. The van der Waals surface area contributed by atoms with Crippen LogP contribution in [0.15, 0.2) is 48.5 Å². The fraction of sp³-hybridized carbons (Fsp3) is 0.333. The molecule has 0 aliphatic rings. The monoisotopic (exact) mass is 269 g/mol. The zero-order valence-corrected chi connectivity index (χ0v) is 12.5. The molecule has 0 fully saturated rings. The molecule has 0 bridgehead atoms. The van der Waals surface area contributed by atoms with Gasteiger partial charge in [0, 0.05) is 0 Å². The molecule has 1 atom stereocenters. The first kappa shape index (κ1) is 14.6. The Kier molecular flexibility index (Phi) is 5.19. The summed E-state index contributed by atoms with van der Waals surface area (Å²) in [4.78, 5) is 0. The molecule has 0 radical (unpaired) electrons. The minimum Gasteiger partial charge on any atom is -0.492 e. The fourth-order valence-corrected chi connectivity index (χ4v) is 2.18. The molecule has 0 amide bonds. The Morgan fingerprint density at radius 2 is 1.85 bits per heavy atom. The number of ether oxygens (including phenoxy) is 1. The zero-order chi connectivity index (χ0) is 14.4. The Labute approximate surface area is 121 Å². The predicted octanol–water partition coefficient (Wildman–Crippen LogP) is 3.90. The molecular formula is C18H23NO. The molecule has 2 aromatic carbocycles. The van der Waals surface area contributed by atoms with Crippen molar-refractivity contribution >= 4 is 0 Å². The third-order valence-electron chi connectivity index (χ3n) is 3.55. The Morgan fingerprint density at radius 1 is 1.10 bits per heavy atom. The third-order valence-corrected chi connectivity index (χ3v) is 3.55. The smallest absolute Gasteiger partial charge is 0.119 e. The largest absolute Gasteiger partial charge is 0.492 e. The van der Waals surface area contributed by atoms with E-state index in [-0.39, 0.29) is 6.04 Å². The van der Waals surface area contributed by atoms with E-state index in [9.17, 15) is 0 Å². The standard InChI is InChI=1S/C18H23NO/c1-4-15-6-5-7-17(12-15)20-13-18(19-3)16-10-8-14(2)9-11-16/h5-12,18-19H,4,13H2,1-3H3. The SMILES string of the molecule is CCc1cccc(OCC(NC)c2ccc(C)cc2)c1. The number of nitrogens with one attached hydrogen (secondary N) is 1. The van der Waals surface area contributed by atoms with E-state index in [2.05, 4.69) is 61.6 Å². The highest BCUT2D eigenvalue weighted by molar-refractivity contribution is 5.29. The number of benzene rings is 2. The van der Waals surface area contributed by atoms with Crippen molar-refractivity contribution in [2.45, 2.75) is 26.3 Å². The van der Waals surface area contributed by atoms with Gasteiger partial charge in [0.25, 0.3) is 0 Å². The van der Waals surface area contributed by atoms with E-state index in [1.165, 1.54) is 16.7 Å². The van der Waals surface area contributed by atoms with Crippen LogP contribution in [0.4, 0.5) is 0 Å². The summed E-state index contributed by atoms with van der Waals surface area (Å²) in [7, 11) is 1.97. The van der Waals surface area contributed by atoms with E-state index in [0.717, 1.165) is 12.2 Å². The van der Waals surface area contributed by atoms with Gasteiger partial charge in [-0.15, -0.1) is 0 Å². The van der Waals surface area contributed by atoms with Gasteiger partial charge in [0.15, 0.2) is 0 Å². The maximum atomic E-state index is 5.92. The Hall–Kier alpha value is -1.80. The van der Waals surface area contributed by atoms with Crippen LogP contribution in [-0.4, -0.2) is 13.7 Å². The highest BCUT2D eigenvalue weighted by Crippen LogP contribution is 2.18. The molecule has 2 aromatic rings. The molecule has 0 aromatic heterocycles. The Morgan fingerprint density at radius 3 is 2.50 bits per heavy atom. The minimum absolute atomic E-state index is 0.209. The van der Waals surface area contributed by atoms with Gasteiger partial charge in [-0.25, -0.2) is 0 Å². The average molecular weight is 269 g/mol. The van der Waals surface area contributed by atoms with Crippen LogP contribution in [0.1, 0.15) is 29.7 Å². The lowest BCUT2D eigenvalue weighted by Crippen LogP contribution is -2.23. The predicted molar refractivity (Wildman–Crippen MR) is 84.3 cm³/mol. The van der Waals surface area contributed by atoms with E-state index in [4.69, 9.17) is 4.74 Å². The molecule has 0 saturated carbocycles. The van der Waals surface area contributed by atoms with Crippen molar-refractivity contribution in [2.24, 2.45) is 0 Å². The van der Waals surface area contributed by atoms with Gasteiger partial charge in [0.2, 0.25) is 0 Å². The van der Waals surface area contributed by atoms with Gasteiger partial charge in [-0.3, -0.25) is 0 Å². The van der Waals surface area contributed by atoms with Crippen LogP contribution in [0.5, 0.6) is 5.75 Å². The average Bonchev–Trinajstić information content (AvgIpc) is 2.50. The summed E-state index contributed by atoms with van der Waals surface area (Å²) in [5.41, 5.74) is 3.84. The van der Waals surface area contributed by atoms with Crippen molar-refractivity contribution in [1.29, 1.82) is 0 Å². The third kappa shape index (κ3) is 3.84. The van der Waals surface area contributed by atoms with Crippen molar-refractivity contribution in [3.8, 4) is 5.75 Å². The zero-order valence-electron chi connectivity index (χ0n) is 12.5. The van der Waals surface area contributed by atoms with Crippen LogP contribution < -0.4 is 10.1 Å². The molecule has 2 rings (SSSR count). The lowest BCUT2D eigenvalue weighted by atomic mass is 10.1. The Bertz CT molecular complexity index is 533. The summed E-state index contributed by atoms with van der Waals surface area (Å²) in [6.45, 7) is 4.89. The van der Waals surface area contributed by atoms with Crippen LogP contribution in [0, 0.1) is 6.92 Å². The Balaban J connectivity index is 2.01. The van der Waals surface area contributed by atoms with Gasteiger partial charge in [0.1, 0.15) is 12.4 Å². The molecule has 2 nitrogen and oxygen atoms in total. The fourth-order valence-electron chi connectivity index (χ4n) is 2.18. The molecule has 0 aliphatic heterocycles. The number of aryl methyl sites for hydroxylation is 2. The van der Waals surface area contributed by atoms with Crippen molar-refractivity contribution in [3.63, 3.8) is 0 Å². The van der Waals surface area contributed by atoms with Gasteiger partial charge < -0.3 is 10.1 Å².